The van der Waals surface area contributed by atoms with Crippen molar-refractivity contribution in [1.82, 2.24) is 14.5 Å². The van der Waals surface area contributed by atoms with E-state index in [1.54, 1.807) is 31.3 Å². The minimum absolute atomic E-state index is 0.150. The van der Waals surface area contributed by atoms with Gasteiger partial charge in [0.15, 0.2) is 0 Å². The normalized spacial score (nSPS) is 10.3. The molecule has 1 heterocycles. The second-order valence-electron chi connectivity index (χ2n) is 4.86. The summed E-state index contributed by atoms with van der Waals surface area (Å²) in [5, 5.41) is 0.573. The highest BCUT2D eigenvalue weighted by Crippen LogP contribution is 2.16. The first kappa shape index (κ1) is 16.8. The molecule has 2 aromatic rings. The summed E-state index contributed by atoms with van der Waals surface area (Å²) in [4.78, 5) is 38.1. The van der Waals surface area contributed by atoms with Gasteiger partial charge in [-0.2, -0.15) is 0 Å². The number of amides is 1. The van der Waals surface area contributed by atoms with Gasteiger partial charge in [-0.15, -0.1) is 0 Å². The fourth-order valence-corrected chi connectivity index (χ4v) is 2.00. The van der Waals surface area contributed by atoms with Crippen molar-refractivity contribution in [2.45, 2.75) is 6.54 Å². The van der Waals surface area contributed by atoms with Gasteiger partial charge in [-0.05, 0) is 18.2 Å². The van der Waals surface area contributed by atoms with Crippen LogP contribution >= 0.6 is 11.6 Å². The van der Waals surface area contributed by atoms with Crippen LogP contribution in [0.3, 0.4) is 0 Å². The van der Waals surface area contributed by atoms with Gasteiger partial charge >= 0.3 is 5.69 Å². The van der Waals surface area contributed by atoms with Crippen LogP contribution < -0.4 is 16.0 Å². The molecule has 0 fully saturated rings. The van der Waals surface area contributed by atoms with E-state index in [2.05, 4.69) is 4.98 Å². The lowest BCUT2D eigenvalue weighted by Gasteiger charge is -2.18. The number of hydrogen-bond acceptors (Lipinski definition) is 4. The lowest BCUT2D eigenvalue weighted by Crippen LogP contribution is -2.37. The third-order valence-corrected chi connectivity index (χ3v) is 3.35. The van der Waals surface area contributed by atoms with Crippen molar-refractivity contribution in [2.24, 2.45) is 0 Å². The molecule has 0 saturated heterocycles. The number of likely N-dealkylation sites (N-methyl/N-ethyl adjacent to an activating group) is 1. The first-order valence-electron chi connectivity index (χ1n) is 6.88. The molecule has 0 atom stereocenters. The van der Waals surface area contributed by atoms with Gasteiger partial charge in [-0.25, -0.2) is 4.79 Å². The summed E-state index contributed by atoms with van der Waals surface area (Å²) in [6, 6.07) is 8.16. The molecule has 0 unspecified atom stereocenters. The number of aromatic amines is 1. The van der Waals surface area contributed by atoms with E-state index in [-0.39, 0.29) is 12.5 Å². The molecule has 0 spiro atoms. The number of aromatic nitrogens is 2. The number of hydrogen-bond donors (Lipinski definition) is 1. The molecular formula is C15H16ClN3O4. The zero-order valence-corrected chi connectivity index (χ0v) is 13.2. The predicted octanol–water partition coefficient (Wildman–Crippen LogP) is 0.727. The Morgan fingerprint density at radius 1 is 1.35 bits per heavy atom. The summed E-state index contributed by atoms with van der Waals surface area (Å²) in [5.74, 6) is 0.351. The lowest BCUT2D eigenvalue weighted by molar-refractivity contribution is -0.130. The second-order valence-corrected chi connectivity index (χ2v) is 5.30. The molecule has 2 rings (SSSR count). The molecule has 0 aliphatic rings. The van der Waals surface area contributed by atoms with Crippen LogP contribution in [0, 0.1) is 0 Å². The maximum absolute atomic E-state index is 12.0. The van der Waals surface area contributed by atoms with Crippen LogP contribution in [0.1, 0.15) is 0 Å². The van der Waals surface area contributed by atoms with Gasteiger partial charge in [-0.1, -0.05) is 17.7 Å². The van der Waals surface area contributed by atoms with Crippen molar-refractivity contribution < 1.29 is 9.53 Å². The highest BCUT2D eigenvalue weighted by molar-refractivity contribution is 6.30. The number of carbonyl (C=O) groups excluding carboxylic acids is 1. The molecule has 0 aliphatic heterocycles. The van der Waals surface area contributed by atoms with Crippen molar-refractivity contribution in [1.29, 1.82) is 0 Å². The van der Waals surface area contributed by atoms with Crippen molar-refractivity contribution in [3.05, 3.63) is 62.4 Å². The second kappa shape index (κ2) is 7.64. The number of H-pyrrole nitrogens is 1. The number of carbonyl (C=O) groups is 1. The van der Waals surface area contributed by atoms with Crippen LogP contribution in [0.15, 0.2) is 46.1 Å². The van der Waals surface area contributed by atoms with Crippen LogP contribution in [-0.4, -0.2) is 40.6 Å². The largest absolute Gasteiger partial charge is 0.492 e. The van der Waals surface area contributed by atoms with E-state index in [4.69, 9.17) is 16.3 Å². The fourth-order valence-electron chi connectivity index (χ4n) is 1.82. The molecule has 1 aromatic carbocycles. The van der Waals surface area contributed by atoms with E-state index in [0.717, 1.165) is 4.57 Å². The Morgan fingerprint density at radius 3 is 2.83 bits per heavy atom. The lowest BCUT2D eigenvalue weighted by atomic mass is 10.3. The predicted molar refractivity (Wildman–Crippen MR) is 85.9 cm³/mol. The molecule has 23 heavy (non-hydrogen) atoms. The summed E-state index contributed by atoms with van der Waals surface area (Å²) < 4.78 is 6.64. The summed E-state index contributed by atoms with van der Waals surface area (Å²) in [6.45, 7) is 0.496. The van der Waals surface area contributed by atoms with Crippen LogP contribution in [0.5, 0.6) is 5.75 Å². The maximum atomic E-state index is 12.0. The van der Waals surface area contributed by atoms with Crippen molar-refractivity contribution in [3.8, 4) is 5.75 Å². The van der Waals surface area contributed by atoms with Gasteiger partial charge in [0.05, 0.1) is 6.54 Å². The number of halogens is 1. The first-order valence-corrected chi connectivity index (χ1v) is 7.25. The SMILES string of the molecule is CN(CCOc1cccc(Cl)c1)C(=O)Cn1ccc(=O)[nH]c1=O. The monoisotopic (exact) mass is 337 g/mol. The van der Waals surface area contributed by atoms with E-state index in [9.17, 15) is 14.4 Å². The zero-order chi connectivity index (χ0) is 16.8. The van der Waals surface area contributed by atoms with Crippen molar-refractivity contribution >= 4 is 17.5 Å². The molecular weight excluding hydrogens is 322 g/mol. The highest BCUT2D eigenvalue weighted by Gasteiger charge is 2.10. The Kier molecular flexibility index (Phi) is 5.59. The number of ether oxygens (including phenoxy) is 1. The van der Waals surface area contributed by atoms with Crippen LogP contribution in [-0.2, 0) is 11.3 Å². The average molecular weight is 338 g/mol. The van der Waals surface area contributed by atoms with Gasteiger partial charge < -0.3 is 9.64 Å². The van der Waals surface area contributed by atoms with E-state index < -0.39 is 11.2 Å². The molecule has 1 N–H and O–H groups in total. The highest BCUT2D eigenvalue weighted by atomic mass is 35.5. The standard InChI is InChI=1S/C15H16ClN3O4/c1-18(7-8-23-12-4-2-3-11(16)9-12)14(21)10-19-6-5-13(20)17-15(19)22/h2-6,9H,7-8,10H2,1H3,(H,17,20,22). The summed E-state index contributed by atoms with van der Waals surface area (Å²) >= 11 is 5.85. The number of nitrogens with zero attached hydrogens (tertiary/aromatic N) is 2. The number of benzene rings is 1. The van der Waals surface area contributed by atoms with E-state index in [1.807, 2.05) is 0 Å². The fraction of sp³-hybridized carbons (Fsp3) is 0.267. The number of nitrogens with one attached hydrogen (secondary N) is 1. The van der Waals surface area contributed by atoms with Gasteiger partial charge in [0.1, 0.15) is 18.9 Å². The molecule has 1 aromatic heterocycles. The average Bonchev–Trinajstić information content (AvgIpc) is 2.50. The minimum atomic E-state index is -0.616. The van der Waals surface area contributed by atoms with E-state index in [0.29, 0.717) is 23.9 Å². The van der Waals surface area contributed by atoms with Crippen LogP contribution in [0.25, 0.3) is 0 Å². The summed E-state index contributed by atoms with van der Waals surface area (Å²) in [5.41, 5.74) is -1.11. The molecule has 7 nitrogen and oxygen atoms in total. The Hall–Kier alpha value is -2.54. The molecule has 0 aliphatic carbocycles. The molecule has 0 saturated carbocycles. The summed E-state index contributed by atoms with van der Waals surface area (Å²) in [6.07, 6.45) is 1.29. The third kappa shape index (κ3) is 5.00. The molecule has 122 valence electrons. The molecule has 1 amide bonds. The van der Waals surface area contributed by atoms with Crippen LogP contribution in [0.2, 0.25) is 5.02 Å². The first-order chi connectivity index (χ1) is 11.0. The van der Waals surface area contributed by atoms with Crippen molar-refractivity contribution in [3.63, 3.8) is 0 Å². The van der Waals surface area contributed by atoms with E-state index >= 15 is 0 Å². The summed E-state index contributed by atoms with van der Waals surface area (Å²) in [7, 11) is 1.61. The smallest absolute Gasteiger partial charge is 0.328 e. The van der Waals surface area contributed by atoms with Crippen LogP contribution in [0.4, 0.5) is 0 Å². The van der Waals surface area contributed by atoms with Crippen molar-refractivity contribution in [2.75, 3.05) is 20.2 Å². The maximum Gasteiger partial charge on any atom is 0.328 e. The topological polar surface area (TPSA) is 84.4 Å². The van der Waals surface area contributed by atoms with E-state index in [1.165, 1.54) is 17.2 Å². The molecule has 0 radical (unpaired) electrons. The number of rotatable bonds is 6. The Balaban J connectivity index is 1.85. The zero-order valence-electron chi connectivity index (χ0n) is 12.5. The quantitative estimate of drug-likeness (QED) is 0.842. The van der Waals surface area contributed by atoms with Gasteiger partial charge in [0.2, 0.25) is 5.91 Å². The van der Waals surface area contributed by atoms with Gasteiger partial charge in [0, 0.05) is 24.3 Å². The van der Waals surface area contributed by atoms with Gasteiger partial charge in [0.25, 0.3) is 5.56 Å². The molecule has 0 bridgehead atoms. The Morgan fingerprint density at radius 2 is 2.13 bits per heavy atom. The van der Waals surface area contributed by atoms with Gasteiger partial charge in [-0.3, -0.25) is 19.1 Å². The third-order valence-electron chi connectivity index (χ3n) is 3.12. The minimum Gasteiger partial charge on any atom is -0.492 e. The molecule has 8 heteroatoms. The Bertz CT molecular complexity index is 800. The Labute approximate surface area is 137 Å².